The van der Waals surface area contributed by atoms with Crippen LogP contribution in [0.2, 0.25) is 0 Å². The molecule has 0 heterocycles. The van der Waals surface area contributed by atoms with Crippen molar-refractivity contribution in [2.75, 3.05) is 5.73 Å². The second-order valence-corrected chi connectivity index (χ2v) is 4.06. The van der Waals surface area contributed by atoms with Crippen molar-refractivity contribution in [3.05, 3.63) is 29.3 Å². The zero-order valence-corrected chi connectivity index (χ0v) is 10.3. The van der Waals surface area contributed by atoms with Crippen molar-refractivity contribution >= 4 is 11.6 Å². The topological polar surface area (TPSA) is 55.1 Å². The minimum Gasteiger partial charge on any atom is -0.398 e. The monoisotopic (exact) mass is 230 g/mol. The summed E-state index contributed by atoms with van der Waals surface area (Å²) in [5, 5.41) is 2.89. The highest BCUT2D eigenvalue weighted by molar-refractivity contribution is 5.95. The van der Waals surface area contributed by atoms with Crippen LogP contribution in [0.25, 0.3) is 0 Å². The maximum Gasteiger partial charge on any atom is 0.251 e. The number of rotatable bonds is 4. The highest BCUT2D eigenvalue weighted by atomic mass is 16.1. The van der Waals surface area contributed by atoms with Crippen LogP contribution in [0.3, 0.4) is 0 Å². The van der Waals surface area contributed by atoms with E-state index >= 15 is 0 Å². The Balaban J connectivity index is 2.76. The summed E-state index contributed by atoms with van der Waals surface area (Å²) in [5.74, 6) is 2.43. The van der Waals surface area contributed by atoms with E-state index in [1.807, 2.05) is 19.9 Å². The Morgan fingerprint density at radius 3 is 2.82 bits per heavy atom. The molecule has 0 aliphatic rings. The molecule has 1 aromatic rings. The lowest BCUT2D eigenvalue weighted by molar-refractivity contribution is 0.0936. The molecule has 0 saturated carbocycles. The van der Waals surface area contributed by atoms with Crippen LogP contribution in [0.15, 0.2) is 18.2 Å². The number of benzene rings is 1. The Kier molecular flexibility index (Phi) is 4.59. The summed E-state index contributed by atoms with van der Waals surface area (Å²) in [7, 11) is 0. The SMILES string of the molecule is C#CCC(CC)NC(=O)c1ccc(C)c(N)c1. The molecule has 1 amide bonds. The van der Waals surface area contributed by atoms with Crippen LogP contribution < -0.4 is 11.1 Å². The quantitative estimate of drug-likeness (QED) is 0.615. The van der Waals surface area contributed by atoms with Crippen LogP contribution in [0.1, 0.15) is 35.7 Å². The molecule has 3 nitrogen and oxygen atoms in total. The van der Waals surface area contributed by atoms with Gasteiger partial charge in [0.05, 0.1) is 0 Å². The lowest BCUT2D eigenvalue weighted by Crippen LogP contribution is -2.34. The zero-order valence-electron chi connectivity index (χ0n) is 10.3. The van der Waals surface area contributed by atoms with Gasteiger partial charge in [0.1, 0.15) is 0 Å². The number of aryl methyl sites for hydroxylation is 1. The Hall–Kier alpha value is -1.95. The van der Waals surface area contributed by atoms with Gasteiger partial charge in [-0.15, -0.1) is 12.3 Å². The van der Waals surface area contributed by atoms with Crippen molar-refractivity contribution in [1.29, 1.82) is 0 Å². The fourth-order valence-electron chi connectivity index (χ4n) is 1.49. The molecule has 0 saturated heterocycles. The minimum absolute atomic E-state index is 0.0232. The molecular formula is C14H18N2O. The largest absolute Gasteiger partial charge is 0.398 e. The first-order chi connectivity index (χ1) is 8.08. The Labute approximate surface area is 102 Å². The molecule has 0 bridgehead atoms. The van der Waals surface area contributed by atoms with Gasteiger partial charge >= 0.3 is 0 Å². The van der Waals surface area contributed by atoms with Gasteiger partial charge in [0, 0.05) is 23.7 Å². The Morgan fingerprint density at radius 2 is 2.29 bits per heavy atom. The molecule has 1 unspecified atom stereocenters. The number of nitrogen functional groups attached to an aromatic ring is 1. The molecule has 3 heteroatoms. The van der Waals surface area contributed by atoms with E-state index in [1.54, 1.807) is 12.1 Å². The van der Waals surface area contributed by atoms with Crippen molar-refractivity contribution in [1.82, 2.24) is 5.32 Å². The van der Waals surface area contributed by atoms with E-state index in [2.05, 4.69) is 11.2 Å². The molecule has 0 aliphatic heterocycles. The summed E-state index contributed by atoms with van der Waals surface area (Å²) >= 11 is 0. The number of carbonyl (C=O) groups is 1. The highest BCUT2D eigenvalue weighted by Gasteiger charge is 2.11. The van der Waals surface area contributed by atoms with E-state index in [4.69, 9.17) is 12.2 Å². The van der Waals surface area contributed by atoms with E-state index in [0.717, 1.165) is 12.0 Å². The summed E-state index contributed by atoms with van der Waals surface area (Å²) < 4.78 is 0. The van der Waals surface area contributed by atoms with E-state index in [1.165, 1.54) is 0 Å². The summed E-state index contributed by atoms with van der Waals surface area (Å²) in [6.07, 6.45) is 6.60. The van der Waals surface area contributed by atoms with Crippen molar-refractivity contribution in [3.63, 3.8) is 0 Å². The molecule has 0 aromatic heterocycles. The number of nitrogens with one attached hydrogen (secondary N) is 1. The number of amides is 1. The number of carbonyl (C=O) groups excluding carboxylic acids is 1. The van der Waals surface area contributed by atoms with Gasteiger partial charge in [-0.2, -0.15) is 0 Å². The number of anilines is 1. The fraction of sp³-hybridized carbons (Fsp3) is 0.357. The molecular weight excluding hydrogens is 212 g/mol. The standard InChI is InChI=1S/C14H18N2O/c1-4-6-12(5-2)16-14(17)11-8-7-10(3)13(15)9-11/h1,7-9,12H,5-6,15H2,2-3H3,(H,16,17). The Bertz CT molecular complexity index is 446. The third-order valence-electron chi connectivity index (χ3n) is 2.73. The van der Waals surface area contributed by atoms with Gasteiger partial charge in [-0.3, -0.25) is 4.79 Å². The third-order valence-corrected chi connectivity index (χ3v) is 2.73. The Morgan fingerprint density at radius 1 is 1.59 bits per heavy atom. The average molecular weight is 230 g/mol. The minimum atomic E-state index is -0.126. The molecule has 90 valence electrons. The normalized spacial score (nSPS) is 11.6. The molecule has 1 rings (SSSR count). The van der Waals surface area contributed by atoms with Gasteiger partial charge in [-0.25, -0.2) is 0 Å². The molecule has 0 aliphatic carbocycles. The summed E-state index contributed by atoms with van der Waals surface area (Å²) in [4.78, 5) is 11.9. The fourth-order valence-corrected chi connectivity index (χ4v) is 1.49. The lowest BCUT2D eigenvalue weighted by atomic mass is 10.1. The predicted octanol–water partition coefficient (Wildman–Crippen LogP) is 2.11. The van der Waals surface area contributed by atoms with Gasteiger partial charge in [0.25, 0.3) is 5.91 Å². The maximum absolute atomic E-state index is 11.9. The third kappa shape index (κ3) is 3.53. The second-order valence-electron chi connectivity index (χ2n) is 4.06. The average Bonchev–Trinajstić information content (AvgIpc) is 2.31. The summed E-state index contributed by atoms with van der Waals surface area (Å²) in [6, 6.07) is 5.32. The van der Waals surface area contributed by atoms with Crippen LogP contribution in [-0.4, -0.2) is 11.9 Å². The van der Waals surface area contributed by atoms with Crippen molar-refractivity contribution < 1.29 is 4.79 Å². The molecule has 0 spiro atoms. The summed E-state index contributed by atoms with van der Waals surface area (Å²) in [5.41, 5.74) is 7.94. The van der Waals surface area contributed by atoms with Gasteiger partial charge in [-0.05, 0) is 31.0 Å². The van der Waals surface area contributed by atoms with Crippen LogP contribution in [0.4, 0.5) is 5.69 Å². The summed E-state index contributed by atoms with van der Waals surface area (Å²) in [6.45, 7) is 3.90. The van der Waals surface area contributed by atoms with Gasteiger partial charge in [0.2, 0.25) is 0 Å². The first kappa shape index (κ1) is 13.1. The van der Waals surface area contributed by atoms with Crippen LogP contribution in [0.5, 0.6) is 0 Å². The molecule has 1 aromatic carbocycles. The number of hydrogen-bond acceptors (Lipinski definition) is 2. The van der Waals surface area contributed by atoms with E-state index in [0.29, 0.717) is 17.7 Å². The number of hydrogen-bond donors (Lipinski definition) is 2. The molecule has 0 radical (unpaired) electrons. The van der Waals surface area contributed by atoms with Crippen LogP contribution >= 0.6 is 0 Å². The van der Waals surface area contributed by atoms with Gasteiger partial charge < -0.3 is 11.1 Å². The molecule has 3 N–H and O–H groups in total. The molecule has 0 fully saturated rings. The second kappa shape index (κ2) is 5.95. The van der Waals surface area contributed by atoms with Crippen molar-refractivity contribution in [2.45, 2.75) is 32.7 Å². The predicted molar refractivity (Wildman–Crippen MR) is 70.6 cm³/mol. The van der Waals surface area contributed by atoms with E-state index in [9.17, 15) is 4.79 Å². The number of nitrogens with two attached hydrogens (primary N) is 1. The molecule has 1 atom stereocenters. The highest BCUT2D eigenvalue weighted by Crippen LogP contribution is 2.13. The zero-order chi connectivity index (χ0) is 12.8. The van der Waals surface area contributed by atoms with Gasteiger partial charge in [0.15, 0.2) is 0 Å². The molecule has 17 heavy (non-hydrogen) atoms. The van der Waals surface area contributed by atoms with E-state index in [-0.39, 0.29) is 11.9 Å². The van der Waals surface area contributed by atoms with Crippen LogP contribution in [-0.2, 0) is 0 Å². The first-order valence-electron chi connectivity index (χ1n) is 5.69. The van der Waals surface area contributed by atoms with Crippen molar-refractivity contribution in [2.24, 2.45) is 0 Å². The van der Waals surface area contributed by atoms with Gasteiger partial charge in [-0.1, -0.05) is 13.0 Å². The first-order valence-corrected chi connectivity index (χ1v) is 5.69. The maximum atomic E-state index is 11.9. The van der Waals surface area contributed by atoms with Crippen LogP contribution in [0, 0.1) is 19.3 Å². The van der Waals surface area contributed by atoms with E-state index < -0.39 is 0 Å². The lowest BCUT2D eigenvalue weighted by Gasteiger charge is -2.14. The van der Waals surface area contributed by atoms with Crippen molar-refractivity contribution in [3.8, 4) is 12.3 Å². The number of terminal acetylenes is 1. The smallest absolute Gasteiger partial charge is 0.251 e.